The van der Waals surface area contributed by atoms with Crippen LogP contribution in [0.3, 0.4) is 0 Å². The van der Waals surface area contributed by atoms with Crippen molar-refractivity contribution in [3.05, 3.63) is 70.6 Å². The van der Waals surface area contributed by atoms with Crippen LogP contribution in [0.5, 0.6) is 0 Å². The molecule has 7 nitrogen and oxygen atoms in total. The standard InChI is InChI=1S/C24H26ClN3O4/c1-24(2,19-7-9-20(25)10-8-19)15-31-14-21-26-22(27-32-21)17-5-3-16(4-6-17)11-28-12-18(13-28)23(29)30/h3-10,18H,11-15H2,1-2H3,(H,29,30). The van der Waals surface area contributed by atoms with E-state index in [0.717, 1.165) is 23.2 Å². The van der Waals surface area contributed by atoms with E-state index in [1.165, 1.54) is 0 Å². The van der Waals surface area contributed by atoms with Crippen LogP contribution >= 0.6 is 11.6 Å². The summed E-state index contributed by atoms with van der Waals surface area (Å²) in [5, 5.41) is 13.7. The Morgan fingerprint density at radius 3 is 2.53 bits per heavy atom. The van der Waals surface area contributed by atoms with Gasteiger partial charge in [-0.1, -0.05) is 67.0 Å². The van der Waals surface area contributed by atoms with Crippen molar-refractivity contribution in [3.63, 3.8) is 0 Å². The maximum atomic E-state index is 10.9. The number of carbonyl (C=O) groups is 1. The summed E-state index contributed by atoms with van der Waals surface area (Å²) in [6.07, 6.45) is 0. The molecule has 1 fully saturated rings. The molecule has 0 aliphatic carbocycles. The van der Waals surface area contributed by atoms with Gasteiger partial charge >= 0.3 is 5.97 Å². The highest BCUT2D eigenvalue weighted by Gasteiger charge is 2.32. The van der Waals surface area contributed by atoms with Crippen molar-refractivity contribution in [2.75, 3.05) is 19.7 Å². The Kier molecular flexibility index (Phi) is 6.60. The molecule has 1 N–H and O–H groups in total. The summed E-state index contributed by atoms with van der Waals surface area (Å²) in [4.78, 5) is 17.5. The molecule has 2 heterocycles. The van der Waals surface area contributed by atoms with Crippen LogP contribution in [0.25, 0.3) is 11.4 Å². The molecular formula is C24H26ClN3O4. The molecular weight excluding hydrogens is 430 g/mol. The lowest BCUT2D eigenvalue weighted by Gasteiger charge is -2.36. The summed E-state index contributed by atoms with van der Waals surface area (Å²) >= 11 is 5.97. The highest BCUT2D eigenvalue weighted by atomic mass is 35.5. The van der Waals surface area contributed by atoms with E-state index < -0.39 is 5.97 Å². The first-order chi connectivity index (χ1) is 15.3. The molecule has 0 amide bonds. The van der Waals surface area contributed by atoms with Crippen LogP contribution in [0.2, 0.25) is 5.02 Å². The smallest absolute Gasteiger partial charge is 0.309 e. The van der Waals surface area contributed by atoms with E-state index in [4.69, 9.17) is 26.0 Å². The predicted molar refractivity (Wildman–Crippen MR) is 120 cm³/mol. The fraction of sp³-hybridized carbons (Fsp3) is 0.375. The molecule has 1 saturated heterocycles. The van der Waals surface area contributed by atoms with Crippen LogP contribution in [0.4, 0.5) is 0 Å². The maximum absolute atomic E-state index is 10.9. The highest BCUT2D eigenvalue weighted by molar-refractivity contribution is 6.30. The van der Waals surface area contributed by atoms with Gasteiger partial charge in [0, 0.05) is 35.6 Å². The number of ether oxygens (including phenoxy) is 1. The number of aliphatic carboxylic acids is 1. The van der Waals surface area contributed by atoms with Gasteiger partial charge in [0.15, 0.2) is 0 Å². The Morgan fingerprint density at radius 1 is 1.19 bits per heavy atom. The van der Waals surface area contributed by atoms with E-state index in [0.29, 0.717) is 36.4 Å². The van der Waals surface area contributed by atoms with Crippen LogP contribution in [-0.4, -0.2) is 45.8 Å². The lowest BCUT2D eigenvalue weighted by atomic mass is 9.86. The number of carboxylic acid groups (broad SMARTS) is 1. The molecule has 0 atom stereocenters. The molecule has 32 heavy (non-hydrogen) atoms. The zero-order valence-electron chi connectivity index (χ0n) is 18.1. The summed E-state index contributed by atoms with van der Waals surface area (Å²) in [6.45, 7) is 6.89. The van der Waals surface area contributed by atoms with Gasteiger partial charge in [-0.15, -0.1) is 0 Å². The minimum atomic E-state index is -0.720. The van der Waals surface area contributed by atoms with Gasteiger partial charge in [0.1, 0.15) is 6.61 Å². The van der Waals surface area contributed by atoms with Gasteiger partial charge in [-0.3, -0.25) is 9.69 Å². The third-order valence-corrected chi connectivity index (χ3v) is 5.96. The lowest BCUT2D eigenvalue weighted by Crippen LogP contribution is -2.49. The quantitative estimate of drug-likeness (QED) is 0.511. The van der Waals surface area contributed by atoms with Crippen LogP contribution in [0.1, 0.15) is 30.9 Å². The van der Waals surface area contributed by atoms with Crippen molar-refractivity contribution in [3.8, 4) is 11.4 Å². The molecule has 0 bridgehead atoms. The summed E-state index contributed by atoms with van der Waals surface area (Å²) in [7, 11) is 0. The number of benzene rings is 2. The molecule has 0 spiro atoms. The van der Waals surface area contributed by atoms with Crippen LogP contribution in [-0.2, 0) is 28.1 Å². The molecule has 0 unspecified atom stereocenters. The highest BCUT2D eigenvalue weighted by Crippen LogP contribution is 2.26. The van der Waals surface area contributed by atoms with Gasteiger partial charge in [0.2, 0.25) is 5.82 Å². The van der Waals surface area contributed by atoms with Crippen molar-refractivity contribution in [2.45, 2.75) is 32.4 Å². The molecule has 0 radical (unpaired) electrons. The number of aromatic nitrogens is 2. The molecule has 8 heteroatoms. The van der Waals surface area contributed by atoms with E-state index in [1.54, 1.807) is 0 Å². The van der Waals surface area contributed by atoms with Crippen molar-refractivity contribution >= 4 is 17.6 Å². The van der Waals surface area contributed by atoms with Crippen molar-refractivity contribution in [2.24, 2.45) is 5.92 Å². The Balaban J connectivity index is 1.28. The zero-order valence-corrected chi connectivity index (χ0v) is 18.9. The first-order valence-electron chi connectivity index (χ1n) is 10.5. The van der Waals surface area contributed by atoms with Crippen LogP contribution in [0.15, 0.2) is 53.1 Å². The Bertz CT molecular complexity index is 1060. The monoisotopic (exact) mass is 455 g/mol. The molecule has 1 aromatic heterocycles. The van der Waals surface area contributed by atoms with Gasteiger partial charge in [0.05, 0.1) is 12.5 Å². The van der Waals surface area contributed by atoms with E-state index in [1.807, 2.05) is 48.5 Å². The van der Waals surface area contributed by atoms with Crippen molar-refractivity contribution in [1.82, 2.24) is 15.0 Å². The topological polar surface area (TPSA) is 88.7 Å². The minimum Gasteiger partial charge on any atom is -0.481 e. The number of hydrogen-bond acceptors (Lipinski definition) is 6. The predicted octanol–water partition coefficient (Wildman–Crippen LogP) is 4.40. The second kappa shape index (κ2) is 9.40. The largest absolute Gasteiger partial charge is 0.481 e. The first-order valence-corrected chi connectivity index (χ1v) is 10.9. The second-order valence-electron chi connectivity index (χ2n) is 8.82. The summed E-state index contributed by atoms with van der Waals surface area (Å²) in [6, 6.07) is 15.7. The van der Waals surface area contributed by atoms with Gasteiger partial charge in [-0.2, -0.15) is 4.98 Å². The molecule has 4 rings (SSSR count). The molecule has 1 aliphatic rings. The molecule has 2 aromatic carbocycles. The first kappa shape index (κ1) is 22.5. The number of rotatable bonds is 9. The van der Waals surface area contributed by atoms with E-state index >= 15 is 0 Å². The number of halogens is 1. The molecule has 1 aliphatic heterocycles. The SMILES string of the molecule is CC(C)(COCc1nc(-c2ccc(CN3CC(C(=O)O)C3)cc2)no1)c1ccc(Cl)cc1. The molecule has 0 saturated carbocycles. The zero-order chi connectivity index (χ0) is 22.7. The second-order valence-corrected chi connectivity index (χ2v) is 9.26. The Morgan fingerprint density at radius 2 is 1.88 bits per heavy atom. The van der Waals surface area contributed by atoms with Crippen LogP contribution < -0.4 is 0 Å². The van der Waals surface area contributed by atoms with E-state index in [2.05, 4.69) is 28.9 Å². The molecule has 168 valence electrons. The van der Waals surface area contributed by atoms with Gasteiger partial charge in [-0.05, 0) is 23.3 Å². The maximum Gasteiger partial charge on any atom is 0.309 e. The van der Waals surface area contributed by atoms with E-state index in [-0.39, 0.29) is 17.9 Å². The number of likely N-dealkylation sites (tertiary alicyclic amines) is 1. The fourth-order valence-corrected chi connectivity index (χ4v) is 3.81. The summed E-state index contributed by atoms with van der Waals surface area (Å²) < 4.78 is 11.2. The molecule has 3 aromatic rings. The normalized spacial score (nSPS) is 15.0. The van der Waals surface area contributed by atoms with Crippen molar-refractivity contribution in [1.29, 1.82) is 0 Å². The number of carboxylic acids is 1. The average Bonchev–Trinajstić information content (AvgIpc) is 3.19. The van der Waals surface area contributed by atoms with E-state index in [9.17, 15) is 4.79 Å². The third kappa shape index (κ3) is 5.35. The fourth-order valence-electron chi connectivity index (χ4n) is 3.68. The van der Waals surface area contributed by atoms with Crippen LogP contribution in [0, 0.1) is 5.92 Å². The third-order valence-electron chi connectivity index (χ3n) is 5.71. The summed E-state index contributed by atoms with van der Waals surface area (Å²) in [5.74, 6) is -0.0219. The minimum absolute atomic E-state index is 0.176. The average molecular weight is 456 g/mol. The number of hydrogen-bond donors (Lipinski definition) is 1. The van der Waals surface area contributed by atoms with Gasteiger partial charge in [-0.25, -0.2) is 0 Å². The van der Waals surface area contributed by atoms with Crippen molar-refractivity contribution < 1.29 is 19.2 Å². The lowest BCUT2D eigenvalue weighted by molar-refractivity contribution is -0.147. The number of nitrogens with zero attached hydrogens (tertiary/aromatic N) is 3. The Hall–Kier alpha value is -2.74. The van der Waals surface area contributed by atoms with Gasteiger partial charge in [0.25, 0.3) is 5.89 Å². The van der Waals surface area contributed by atoms with Gasteiger partial charge < -0.3 is 14.4 Å². The summed E-state index contributed by atoms with van der Waals surface area (Å²) in [5.41, 5.74) is 2.95. The Labute approximate surface area is 192 Å².